The van der Waals surface area contributed by atoms with Crippen molar-refractivity contribution in [3.63, 3.8) is 0 Å². The molecular weight excluding hydrogens is 344 g/mol. The molecule has 1 aromatic carbocycles. The highest BCUT2D eigenvalue weighted by molar-refractivity contribution is 5.98. The van der Waals surface area contributed by atoms with Crippen molar-refractivity contribution in [2.75, 3.05) is 13.7 Å². The van der Waals surface area contributed by atoms with E-state index in [0.29, 0.717) is 0 Å². The van der Waals surface area contributed by atoms with Gasteiger partial charge in [0.1, 0.15) is 0 Å². The molecule has 1 heterocycles. The molecule has 0 amide bonds. The molecule has 8 heteroatoms. The summed E-state index contributed by atoms with van der Waals surface area (Å²) in [6.45, 7) is 4.09. The van der Waals surface area contributed by atoms with Gasteiger partial charge in [0.15, 0.2) is 17.2 Å². The Bertz CT molecular complexity index is 717. The summed E-state index contributed by atoms with van der Waals surface area (Å²) in [5.41, 5.74) is -2.08. The third-order valence-electron chi connectivity index (χ3n) is 4.30. The van der Waals surface area contributed by atoms with E-state index in [1.54, 1.807) is 6.92 Å². The maximum Gasteiger partial charge on any atom is 0.373 e. The highest BCUT2D eigenvalue weighted by Crippen LogP contribution is 2.49. The topological polar surface area (TPSA) is 44.8 Å². The second-order valence-electron chi connectivity index (χ2n) is 5.71. The minimum atomic E-state index is -2.93. The van der Waals surface area contributed by atoms with Crippen molar-refractivity contribution >= 4 is 11.5 Å². The fourth-order valence-electron chi connectivity index (χ4n) is 2.73. The van der Waals surface area contributed by atoms with Crippen LogP contribution >= 0.6 is 0 Å². The molecule has 0 aliphatic carbocycles. The summed E-state index contributed by atoms with van der Waals surface area (Å²) >= 11 is 0. The molecule has 0 radical (unpaired) electrons. The number of hydrogen-bond donors (Lipinski definition) is 0. The summed E-state index contributed by atoms with van der Waals surface area (Å²) in [7, 11) is 1.11. The second-order valence-corrected chi connectivity index (χ2v) is 5.71. The van der Waals surface area contributed by atoms with Crippen molar-refractivity contribution in [1.29, 1.82) is 0 Å². The zero-order chi connectivity index (χ0) is 18.9. The number of alkyl halides is 2. The van der Waals surface area contributed by atoms with Crippen LogP contribution in [0.25, 0.3) is 5.57 Å². The van der Waals surface area contributed by atoms with E-state index in [-0.39, 0.29) is 17.7 Å². The highest BCUT2D eigenvalue weighted by atomic mass is 19.3. The first-order valence-electron chi connectivity index (χ1n) is 7.59. The molecule has 0 bridgehead atoms. The van der Waals surface area contributed by atoms with Gasteiger partial charge in [0.05, 0.1) is 13.7 Å². The Kier molecular flexibility index (Phi) is 5.29. The first-order chi connectivity index (χ1) is 11.7. The largest absolute Gasteiger partial charge is 0.493 e. The minimum Gasteiger partial charge on any atom is -0.493 e. The lowest BCUT2D eigenvalue weighted by molar-refractivity contribution is -0.151. The zero-order valence-electron chi connectivity index (χ0n) is 14.2. The molecule has 1 aromatic rings. The summed E-state index contributed by atoms with van der Waals surface area (Å²) in [5, 5.41) is 0. The molecule has 0 spiro atoms. The number of halogens is 4. The van der Waals surface area contributed by atoms with Gasteiger partial charge in [-0.15, -0.1) is 0 Å². The minimum absolute atomic E-state index is 0.00629. The lowest BCUT2D eigenvalue weighted by atomic mass is 9.83. The van der Waals surface area contributed by atoms with Crippen molar-refractivity contribution < 1.29 is 36.6 Å². The number of ether oxygens (including phenoxy) is 3. The molecule has 2 rings (SSSR count). The van der Waals surface area contributed by atoms with E-state index in [1.165, 1.54) is 6.92 Å². The van der Waals surface area contributed by atoms with E-state index in [9.17, 15) is 22.4 Å². The molecule has 0 fully saturated rings. The van der Waals surface area contributed by atoms with Crippen LogP contribution in [0.2, 0.25) is 0 Å². The molecule has 4 nitrogen and oxygen atoms in total. The molecule has 0 aromatic heterocycles. The molecule has 0 saturated heterocycles. The van der Waals surface area contributed by atoms with Gasteiger partial charge < -0.3 is 14.2 Å². The van der Waals surface area contributed by atoms with Gasteiger partial charge in [0, 0.05) is 17.1 Å². The number of hydrogen-bond acceptors (Lipinski definition) is 4. The van der Waals surface area contributed by atoms with Gasteiger partial charge in [-0.1, -0.05) is 6.92 Å². The predicted molar refractivity (Wildman–Crippen MR) is 81.1 cm³/mol. The van der Waals surface area contributed by atoms with Gasteiger partial charge >= 0.3 is 5.97 Å². The molecule has 2 unspecified atom stereocenters. The summed E-state index contributed by atoms with van der Waals surface area (Å²) in [6, 6.07) is 1.98. The number of benzene rings is 1. The van der Waals surface area contributed by atoms with E-state index in [4.69, 9.17) is 14.2 Å². The van der Waals surface area contributed by atoms with Crippen LogP contribution < -0.4 is 4.74 Å². The number of esters is 1. The normalized spacial score (nSPS) is 23.0. The summed E-state index contributed by atoms with van der Waals surface area (Å²) < 4.78 is 69.6. The second kappa shape index (κ2) is 6.93. The first-order valence-corrected chi connectivity index (χ1v) is 7.59. The van der Waals surface area contributed by atoms with Crippen LogP contribution in [0.5, 0.6) is 5.75 Å². The Labute approximate surface area is 142 Å². The smallest absolute Gasteiger partial charge is 0.373 e. The van der Waals surface area contributed by atoms with E-state index in [2.05, 4.69) is 0 Å². The zero-order valence-corrected chi connectivity index (χ0v) is 14.2. The average Bonchev–Trinajstić information content (AvgIpc) is 2.83. The van der Waals surface area contributed by atoms with Crippen LogP contribution in [0.1, 0.15) is 26.3 Å². The lowest BCUT2D eigenvalue weighted by Crippen LogP contribution is -2.40. The SMILES string of the molecule is CCOC(=O)C1=C(c2ccc(F)c(F)c2OC)C(C)C(C)(C(F)F)O1. The van der Waals surface area contributed by atoms with Crippen molar-refractivity contribution in [3.8, 4) is 5.75 Å². The van der Waals surface area contributed by atoms with Crippen LogP contribution in [-0.2, 0) is 14.3 Å². The first kappa shape index (κ1) is 19.1. The van der Waals surface area contributed by atoms with Crippen molar-refractivity contribution in [2.24, 2.45) is 5.92 Å². The molecule has 25 heavy (non-hydrogen) atoms. The van der Waals surface area contributed by atoms with Gasteiger partial charge in [0.25, 0.3) is 6.43 Å². The van der Waals surface area contributed by atoms with Gasteiger partial charge in [-0.05, 0) is 26.0 Å². The van der Waals surface area contributed by atoms with Gasteiger partial charge in [-0.2, -0.15) is 4.39 Å². The Morgan fingerprint density at radius 1 is 1.36 bits per heavy atom. The van der Waals surface area contributed by atoms with Crippen LogP contribution in [0.15, 0.2) is 17.9 Å². The van der Waals surface area contributed by atoms with Crippen LogP contribution in [-0.4, -0.2) is 31.7 Å². The van der Waals surface area contributed by atoms with Crippen LogP contribution in [0.4, 0.5) is 17.6 Å². The highest BCUT2D eigenvalue weighted by Gasteiger charge is 2.53. The van der Waals surface area contributed by atoms with Gasteiger partial charge in [-0.25, -0.2) is 18.0 Å². The third kappa shape index (κ3) is 3.05. The fraction of sp³-hybridized carbons (Fsp3) is 0.471. The molecule has 138 valence electrons. The van der Waals surface area contributed by atoms with Crippen molar-refractivity contribution in [3.05, 3.63) is 35.1 Å². The Morgan fingerprint density at radius 3 is 2.52 bits per heavy atom. The fourth-order valence-corrected chi connectivity index (χ4v) is 2.73. The molecule has 2 atom stereocenters. The van der Waals surface area contributed by atoms with Gasteiger partial charge in [0.2, 0.25) is 11.6 Å². The molecular formula is C17H18F4O4. The quantitative estimate of drug-likeness (QED) is 0.588. The van der Waals surface area contributed by atoms with E-state index >= 15 is 0 Å². The number of carbonyl (C=O) groups excluding carboxylic acids is 1. The summed E-state index contributed by atoms with van der Waals surface area (Å²) in [6.07, 6.45) is -2.93. The molecule has 1 aliphatic heterocycles. The van der Waals surface area contributed by atoms with Crippen LogP contribution in [0, 0.1) is 17.6 Å². The maximum absolute atomic E-state index is 14.0. The van der Waals surface area contributed by atoms with Gasteiger partial charge in [-0.3, -0.25) is 0 Å². The molecule has 0 N–H and O–H groups in total. The Hall–Kier alpha value is -2.25. The summed E-state index contributed by atoms with van der Waals surface area (Å²) in [4.78, 5) is 12.2. The van der Waals surface area contributed by atoms with Crippen molar-refractivity contribution in [2.45, 2.75) is 32.8 Å². The van der Waals surface area contributed by atoms with Crippen molar-refractivity contribution in [1.82, 2.24) is 0 Å². The van der Waals surface area contributed by atoms with E-state index in [0.717, 1.165) is 26.2 Å². The third-order valence-corrected chi connectivity index (χ3v) is 4.30. The average molecular weight is 362 g/mol. The molecule has 0 saturated carbocycles. The van der Waals surface area contributed by atoms with E-state index in [1.807, 2.05) is 0 Å². The molecule has 1 aliphatic rings. The van der Waals surface area contributed by atoms with Crippen LogP contribution in [0.3, 0.4) is 0 Å². The summed E-state index contributed by atoms with van der Waals surface area (Å²) in [5.74, 6) is -5.37. The number of carbonyl (C=O) groups is 1. The standard InChI is InChI=1S/C17H18F4O4/c1-5-24-15(22)14-11(8(2)17(3,25-14)16(20)21)9-6-7-10(18)12(19)13(9)23-4/h6-8,16H,5H2,1-4H3. The number of methoxy groups -OCH3 is 1. The van der Waals surface area contributed by atoms with E-state index < -0.39 is 47.1 Å². The lowest BCUT2D eigenvalue weighted by Gasteiger charge is -2.29. The monoisotopic (exact) mass is 362 g/mol. The Balaban J connectivity index is 2.70. The maximum atomic E-state index is 14.0. The predicted octanol–water partition coefficient (Wildman–Crippen LogP) is 3.94. The number of rotatable bonds is 5. The Morgan fingerprint density at radius 2 is 2.00 bits per heavy atom.